The zero-order valence-electron chi connectivity index (χ0n) is 10.1. The third kappa shape index (κ3) is 5.82. The molecule has 0 aliphatic carbocycles. The van der Waals surface area contributed by atoms with Crippen LogP contribution in [0.3, 0.4) is 0 Å². The molecule has 0 aromatic carbocycles. The summed E-state index contributed by atoms with van der Waals surface area (Å²) in [7, 11) is 0. The van der Waals surface area contributed by atoms with Crippen molar-refractivity contribution in [3.05, 3.63) is 11.6 Å². The predicted octanol–water partition coefficient (Wildman–Crippen LogP) is 4.48. The molecule has 0 unspecified atom stereocenters. The fourth-order valence-corrected chi connectivity index (χ4v) is 1.38. The van der Waals surface area contributed by atoms with Crippen LogP contribution in [0.2, 0.25) is 0 Å². The minimum Gasteiger partial charge on any atom is -0.478 e. The Balaban J connectivity index is 6.39. The topological polar surface area (TPSA) is 37.3 Å². The van der Waals surface area contributed by atoms with Gasteiger partial charge in [0.25, 0.3) is 0 Å². The molecule has 23 heavy (non-hydrogen) atoms. The summed E-state index contributed by atoms with van der Waals surface area (Å²) in [5, 5.41) is 8.25. The van der Waals surface area contributed by atoms with Crippen LogP contribution in [0, 0.1) is 11.8 Å². The van der Waals surface area contributed by atoms with Crippen LogP contribution in [0.1, 0.15) is 0 Å². The van der Waals surface area contributed by atoms with Crippen LogP contribution >= 0.6 is 0 Å². The molecule has 0 bridgehead atoms. The predicted molar refractivity (Wildman–Crippen MR) is 46.9 cm³/mol. The summed E-state index contributed by atoms with van der Waals surface area (Å²) in [6.07, 6.45) is -27.3. The Kier molecular flexibility index (Phi) is 5.68. The van der Waals surface area contributed by atoms with Gasteiger partial charge in [0.1, 0.15) is 0 Å². The van der Waals surface area contributed by atoms with E-state index in [-0.39, 0.29) is 0 Å². The van der Waals surface area contributed by atoms with Gasteiger partial charge in [0.05, 0.1) is 5.57 Å². The fraction of sp³-hybridized carbons (Fsp3) is 0.667. The van der Waals surface area contributed by atoms with E-state index >= 15 is 0 Å². The van der Waals surface area contributed by atoms with Gasteiger partial charge in [0.15, 0.2) is 11.8 Å². The summed E-state index contributed by atoms with van der Waals surface area (Å²) >= 11 is 0. The highest BCUT2D eigenvalue weighted by Gasteiger charge is 2.62. The second-order valence-corrected chi connectivity index (χ2v) is 4.00. The lowest BCUT2D eigenvalue weighted by atomic mass is 9.93. The van der Waals surface area contributed by atoms with Crippen molar-refractivity contribution >= 4 is 5.97 Å². The monoisotopic (exact) mass is 372 g/mol. The van der Waals surface area contributed by atoms with Gasteiger partial charge in [-0.05, 0) is 0 Å². The maximum Gasteiger partial charge on any atom is 0.404 e. The molecule has 0 fully saturated rings. The van der Waals surface area contributed by atoms with Crippen molar-refractivity contribution in [2.24, 2.45) is 11.8 Å². The van der Waals surface area contributed by atoms with E-state index in [1.54, 1.807) is 0 Å². The number of hydrogen-bond acceptors (Lipinski definition) is 1. The molecule has 0 saturated heterocycles. The van der Waals surface area contributed by atoms with Crippen molar-refractivity contribution in [1.29, 1.82) is 0 Å². The molecule has 0 spiro atoms. The first-order valence-electron chi connectivity index (χ1n) is 5.01. The summed E-state index contributed by atoms with van der Waals surface area (Å²) in [5.74, 6) is -13.0. The maximum atomic E-state index is 12.3. The van der Waals surface area contributed by atoms with E-state index in [9.17, 15) is 57.5 Å². The van der Waals surface area contributed by atoms with Crippen molar-refractivity contribution in [2.75, 3.05) is 0 Å². The summed E-state index contributed by atoms with van der Waals surface area (Å²) < 4.78 is 147. The van der Waals surface area contributed by atoms with Crippen LogP contribution in [0.4, 0.5) is 52.7 Å². The van der Waals surface area contributed by atoms with Crippen LogP contribution in [0.5, 0.6) is 0 Å². The van der Waals surface area contributed by atoms with E-state index in [1.807, 2.05) is 0 Å². The molecular weight excluding hydrogens is 368 g/mol. The van der Waals surface area contributed by atoms with Gasteiger partial charge in [0, 0.05) is 0 Å². The van der Waals surface area contributed by atoms with Crippen LogP contribution in [-0.2, 0) is 4.79 Å². The Labute approximate surface area is 118 Å². The average molecular weight is 372 g/mol. The van der Waals surface area contributed by atoms with Crippen LogP contribution in [-0.4, -0.2) is 35.8 Å². The number of carboxylic acid groups (broad SMARTS) is 1. The number of alkyl halides is 12. The lowest BCUT2D eigenvalue weighted by molar-refractivity contribution is -0.278. The first-order valence-corrected chi connectivity index (χ1v) is 5.01. The quantitative estimate of drug-likeness (QED) is 0.586. The van der Waals surface area contributed by atoms with Gasteiger partial charge < -0.3 is 5.11 Å². The Hall–Kier alpha value is -1.63. The first-order chi connectivity index (χ1) is 9.79. The van der Waals surface area contributed by atoms with Crippen LogP contribution in [0.25, 0.3) is 0 Å². The van der Waals surface area contributed by atoms with Gasteiger partial charge in [-0.1, -0.05) is 6.08 Å². The molecule has 14 heteroatoms. The Bertz CT molecular complexity index is 435. The summed E-state index contributed by atoms with van der Waals surface area (Å²) in [4.78, 5) is 10.4. The lowest BCUT2D eigenvalue weighted by Crippen LogP contribution is -2.42. The van der Waals surface area contributed by atoms with Gasteiger partial charge >= 0.3 is 30.7 Å². The highest BCUT2D eigenvalue weighted by atomic mass is 19.4. The first kappa shape index (κ1) is 21.4. The largest absolute Gasteiger partial charge is 0.478 e. The molecule has 0 heterocycles. The molecule has 0 amide bonds. The van der Waals surface area contributed by atoms with Crippen molar-refractivity contribution in [2.45, 2.75) is 24.7 Å². The third-order valence-corrected chi connectivity index (χ3v) is 2.26. The molecular formula is C9H4F12O2. The molecule has 0 aromatic rings. The summed E-state index contributed by atoms with van der Waals surface area (Å²) in [6, 6.07) is 0. The number of halogens is 12. The highest BCUT2D eigenvalue weighted by molar-refractivity contribution is 5.87. The molecule has 0 radical (unpaired) electrons. The molecule has 0 aliphatic rings. The smallest absolute Gasteiger partial charge is 0.404 e. The lowest BCUT2D eigenvalue weighted by Gasteiger charge is -2.26. The Morgan fingerprint density at radius 1 is 0.696 bits per heavy atom. The number of carboxylic acids is 1. The second-order valence-electron chi connectivity index (χ2n) is 4.00. The van der Waals surface area contributed by atoms with Crippen LogP contribution < -0.4 is 0 Å². The number of carbonyl (C=O) groups is 1. The van der Waals surface area contributed by atoms with Crippen molar-refractivity contribution < 1.29 is 62.6 Å². The average Bonchev–Trinajstić information content (AvgIpc) is 2.15. The van der Waals surface area contributed by atoms with Crippen molar-refractivity contribution in [3.63, 3.8) is 0 Å². The molecule has 0 aromatic heterocycles. The number of hydrogen-bond donors (Lipinski definition) is 1. The van der Waals surface area contributed by atoms with Gasteiger partial charge in [-0.2, -0.15) is 52.7 Å². The fourth-order valence-electron chi connectivity index (χ4n) is 1.38. The van der Waals surface area contributed by atoms with E-state index < -0.39 is 54.2 Å². The maximum absolute atomic E-state index is 12.3. The minimum atomic E-state index is -6.47. The minimum absolute atomic E-state index is 1.63. The molecule has 0 aliphatic heterocycles. The Morgan fingerprint density at radius 3 is 1.17 bits per heavy atom. The normalized spacial score (nSPS) is 15.5. The summed E-state index contributed by atoms with van der Waals surface area (Å²) in [6.45, 7) is 0. The van der Waals surface area contributed by atoms with E-state index in [0.717, 1.165) is 0 Å². The van der Waals surface area contributed by atoms with Crippen molar-refractivity contribution in [1.82, 2.24) is 0 Å². The third-order valence-electron chi connectivity index (χ3n) is 2.26. The van der Waals surface area contributed by atoms with Gasteiger partial charge in [0.2, 0.25) is 0 Å². The second kappa shape index (κ2) is 6.11. The molecule has 1 N–H and O–H groups in total. The number of rotatable bonds is 3. The van der Waals surface area contributed by atoms with E-state index in [4.69, 9.17) is 5.11 Å². The zero-order valence-corrected chi connectivity index (χ0v) is 10.1. The Morgan fingerprint density at radius 2 is 1.00 bits per heavy atom. The zero-order chi connectivity index (χ0) is 19.0. The highest BCUT2D eigenvalue weighted by Crippen LogP contribution is 2.47. The summed E-state index contributed by atoms with van der Waals surface area (Å²) in [5.41, 5.74) is -3.12. The number of aliphatic carboxylic acids is 1. The van der Waals surface area contributed by atoms with Gasteiger partial charge in [-0.3, -0.25) is 0 Å². The van der Waals surface area contributed by atoms with E-state index in [2.05, 4.69) is 0 Å². The van der Waals surface area contributed by atoms with Crippen LogP contribution in [0.15, 0.2) is 11.6 Å². The SMILES string of the molecule is O=C(O)C(=CC(C(F)(F)F)C(F)(F)F)C(C(F)(F)F)C(F)(F)F. The van der Waals surface area contributed by atoms with E-state index in [0.29, 0.717) is 0 Å². The molecule has 0 rings (SSSR count). The molecule has 136 valence electrons. The van der Waals surface area contributed by atoms with E-state index in [1.165, 1.54) is 0 Å². The van der Waals surface area contributed by atoms with Gasteiger partial charge in [-0.15, -0.1) is 0 Å². The van der Waals surface area contributed by atoms with Gasteiger partial charge in [-0.25, -0.2) is 4.79 Å². The molecule has 0 saturated carbocycles. The number of allylic oxidation sites excluding steroid dienone is 1. The molecule has 2 nitrogen and oxygen atoms in total. The standard InChI is InChI=1S/C9H4F12O2/c10-6(11,12)3(7(13,14)15)1-2(5(22)23)4(8(16,17)18)9(19,20)21/h1,3-4H,(H,22,23). The van der Waals surface area contributed by atoms with Crippen molar-refractivity contribution in [3.8, 4) is 0 Å². The molecule has 0 atom stereocenters.